The van der Waals surface area contributed by atoms with Crippen molar-refractivity contribution in [3.63, 3.8) is 0 Å². The molecule has 0 heterocycles. The van der Waals surface area contributed by atoms with Crippen molar-refractivity contribution < 1.29 is 18.3 Å². The van der Waals surface area contributed by atoms with E-state index in [4.69, 9.17) is 4.74 Å². The smallest absolute Gasteiger partial charge is 0.387 e. The summed E-state index contributed by atoms with van der Waals surface area (Å²) in [6.07, 6.45) is 0. The highest BCUT2D eigenvalue weighted by molar-refractivity contribution is 5.43. The Morgan fingerprint density at radius 1 is 1.16 bits per heavy atom. The van der Waals surface area contributed by atoms with Gasteiger partial charge in [-0.25, -0.2) is 0 Å². The summed E-state index contributed by atoms with van der Waals surface area (Å²) >= 11 is 0. The minimum Gasteiger partial charge on any atom is -0.493 e. The fraction of sp³-hybridized carbons (Fsp3) is 0.571. The number of benzene rings is 1. The van der Waals surface area contributed by atoms with Gasteiger partial charge < -0.3 is 14.8 Å². The van der Waals surface area contributed by atoms with Crippen LogP contribution in [0.3, 0.4) is 0 Å². The van der Waals surface area contributed by atoms with Crippen LogP contribution < -0.4 is 14.8 Å². The Morgan fingerprint density at radius 2 is 1.84 bits per heavy atom. The van der Waals surface area contributed by atoms with Crippen LogP contribution in [-0.4, -0.2) is 19.8 Å². The lowest BCUT2D eigenvalue weighted by molar-refractivity contribution is -0.0512. The van der Waals surface area contributed by atoms with E-state index in [2.05, 4.69) is 30.8 Å². The molecule has 0 amide bonds. The minimum atomic E-state index is -2.85. The molecule has 0 aromatic heterocycles. The molecule has 1 N–H and O–H groups in total. The quantitative estimate of drug-likeness (QED) is 0.825. The molecule has 0 bridgehead atoms. The largest absolute Gasteiger partial charge is 0.493 e. The fourth-order valence-corrected chi connectivity index (χ4v) is 1.53. The number of halogens is 2. The number of ether oxygens (including phenoxy) is 2. The van der Waals surface area contributed by atoms with E-state index in [1.165, 1.54) is 7.11 Å². The summed E-state index contributed by atoms with van der Waals surface area (Å²) < 4.78 is 34.0. The maximum Gasteiger partial charge on any atom is 0.387 e. The van der Waals surface area contributed by atoms with Gasteiger partial charge in [-0.15, -0.1) is 0 Å². The van der Waals surface area contributed by atoms with Crippen molar-refractivity contribution in [2.75, 3.05) is 7.11 Å². The summed E-state index contributed by atoms with van der Waals surface area (Å²) in [6, 6.07) is 5.39. The number of nitrogens with one attached hydrogen (secondary N) is 1. The van der Waals surface area contributed by atoms with Crippen LogP contribution in [0.25, 0.3) is 0 Å². The SMILES string of the molecule is COc1ccc(CNC(C)C(C)C)cc1OC(F)F. The molecule has 1 rings (SSSR count). The second-order valence-electron chi connectivity index (χ2n) is 4.78. The van der Waals surface area contributed by atoms with E-state index < -0.39 is 6.61 Å². The zero-order valence-corrected chi connectivity index (χ0v) is 11.7. The average Bonchev–Trinajstić information content (AvgIpc) is 2.35. The van der Waals surface area contributed by atoms with E-state index in [1.54, 1.807) is 12.1 Å². The van der Waals surface area contributed by atoms with Gasteiger partial charge in [0.25, 0.3) is 0 Å². The van der Waals surface area contributed by atoms with E-state index in [0.29, 0.717) is 24.3 Å². The van der Waals surface area contributed by atoms with E-state index in [1.807, 2.05) is 6.07 Å². The van der Waals surface area contributed by atoms with Gasteiger partial charge in [-0.1, -0.05) is 19.9 Å². The third-order valence-electron chi connectivity index (χ3n) is 3.07. The molecule has 108 valence electrons. The maximum atomic E-state index is 12.3. The van der Waals surface area contributed by atoms with Gasteiger partial charge in [0.1, 0.15) is 0 Å². The van der Waals surface area contributed by atoms with E-state index in [-0.39, 0.29) is 5.75 Å². The molecule has 0 aliphatic heterocycles. The first-order valence-corrected chi connectivity index (χ1v) is 6.29. The van der Waals surface area contributed by atoms with Gasteiger partial charge in [-0.3, -0.25) is 0 Å². The summed E-state index contributed by atoms with van der Waals surface area (Å²) in [7, 11) is 1.42. The third kappa shape index (κ3) is 5.03. The highest BCUT2D eigenvalue weighted by Crippen LogP contribution is 2.29. The predicted molar refractivity (Wildman–Crippen MR) is 70.8 cm³/mol. The zero-order valence-electron chi connectivity index (χ0n) is 11.7. The first-order valence-electron chi connectivity index (χ1n) is 6.29. The van der Waals surface area contributed by atoms with Crippen molar-refractivity contribution >= 4 is 0 Å². The highest BCUT2D eigenvalue weighted by Gasteiger charge is 2.12. The van der Waals surface area contributed by atoms with Crippen LogP contribution in [0.2, 0.25) is 0 Å². The Labute approximate surface area is 112 Å². The Hall–Kier alpha value is -1.36. The van der Waals surface area contributed by atoms with Crippen molar-refractivity contribution in [2.45, 2.75) is 40.0 Å². The van der Waals surface area contributed by atoms with Gasteiger partial charge in [0.05, 0.1) is 7.11 Å². The summed E-state index contributed by atoms with van der Waals surface area (Å²) in [5, 5.41) is 3.33. The first kappa shape index (κ1) is 15.7. The lowest BCUT2D eigenvalue weighted by Crippen LogP contribution is -2.30. The van der Waals surface area contributed by atoms with Crippen LogP contribution in [0.15, 0.2) is 18.2 Å². The Kier molecular flexibility index (Phi) is 6.02. The fourth-order valence-electron chi connectivity index (χ4n) is 1.53. The highest BCUT2D eigenvalue weighted by atomic mass is 19.3. The molecule has 19 heavy (non-hydrogen) atoms. The van der Waals surface area contributed by atoms with E-state index in [0.717, 1.165) is 5.56 Å². The maximum absolute atomic E-state index is 12.3. The Balaban J connectivity index is 2.74. The Morgan fingerprint density at radius 3 is 2.37 bits per heavy atom. The average molecular weight is 273 g/mol. The number of rotatable bonds is 7. The predicted octanol–water partition coefficient (Wildman–Crippen LogP) is 3.43. The molecule has 1 aromatic carbocycles. The molecule has 0 fully saturated rings. The third-order valence-corrected chi connectivity index (χ3v) is 3.07. The monoisotopic (exact) mass is 273 g/mol. The minimum absolute atomic E-state index is 0.0639. The van der Waals surface area contributed by atoms with E-state index in [9.17, 15) is 8.78 Å². The van der Waals surface area contributed by atoms with Crippen molar-refractivity contribution in [2.24, 2.45) is 5.92 Å². The molecular weight excluding hydrogens is 252 g/mol. The van der Waals surface area contributed by atoms with Crippen LogP contribution in [0.5, 0.6) is 11.5 Å². The number of hydrogen-bond donors (Lipinski definition) is 1. The van der Waals surface area contributed by atoms with Crippen LogP contribution in [0.4, 0.5) is 8.78 Å². The van der Waals surface area contributed by atoms with Crippen molar-refractivity contribution in [3.05, 3.63) is 23.8 Å². The van der Waals surface area contributed by atoms with Gasteiger partial charge >= 0.3 is 6.61 Å². The molecule has 3 nitrogen and oxygen atoms in total. The van der Waals surface area contributed by atoms with Crippen molar-refractivity contribution in [3.8, 4) is 11.5 Å². The van der Waals surface area contributed by atoms with Crippen LogP contribution >= 0.6 is 0 Å². The van der Waals surface area contributed by atoms with Gasteiger partial charge in [0, 0.05) is 12.6 Å². The second kappa shape index (κ2) is 7.28. The topological polar surface area (TPSA) is 30.5 Å². The molecule has 0 saturated heterocycles. The lowest BCUT2D eigenvalue weighted by Gasteiger charge is -2.18. The van der Waals surface area contributed by atoms with Crippen molar-refractivity contribution in [1.29, 1.82) is 0 Å². The van der Waals surface area contributed by atoms with Gasteiger partial charge in [-0.2, -0.15) is 8.78 Å². The molecule has 0 aliphatic rings. The zero-order chi connectivity index (χ0) is 14.4. The molecule has 1 aromatic rings. The molecule has 1 unspecified atom stereocenters. The van der Waals surface area contributed by atoms with Crippen LogP contribution in [0.1, 0.15) is 26.3 Å². The molecule has 5 heteroatoms. The molecule has 1 atom stereocenters. The number of hydrogen-bond acceptors (Lipinski definition) is 3. The van der Waals surface area contributed by atoms with Crippen LogP contribution in [-0.2, 0) is 6.54 Å². The summed E-state index contributed by atoms with van der Waals surface area (Å²) in [5.74, 6) is 0.880. The molecule has 0 radical (unpaired) electrons. The molecule has 0 saturated carbocycles. The second-order valence-corrected chi connectivity index (χ2v) is 4.78. The number of methoxy groups -OCH3 is 1. The Bertz CT molecular complexity index is 397. The van der Waals surface area contributed by atoms with E-state index >= 15 is 0 Å². The summed E-state index contributed by atoms with van der Waals surface area (Å²) in [5.41, 5.74) is 0.879. The number of alkyl halides is 2. The van der Waals surface area contributed by atoms with Crippen LogP contribution in [0, 0.1) is 5.92 Å². The summed E-state index contributed by atoms with van der Waals surface area (Å²) in [4.78, 5) is 0. The van der Waals surface area contributed by atoms with Gasteiger partial charge in [-0.05, 0) is 30.5 Å². The lowest BCUT2D eigenvalue weighted by atomic mass is 10.1. The molecule has 0 aliphatic carbocycles. The van der Waals surface area contributed by atoms with Gasteiger partial charge in [0.2, 0.25) is 0 Å². The molecule has 0 spiro atoms. The van der Waals surface area contributed by atoms with Crippen molar-refractivity contribution in [1.82, 2.24) is 5.32 Å². The first-order chi connectivity index (χ1) is 8.93. The standard InChI is InChI=1S/C14H21F2NO2/c1-9(2)10(3)17-8-11-5-6-12(18-4)13(7-11)19-14(15)16/h5-7,9-10,14,17H,8H2,1-4H3. The molecular formula is C14H21F2NO2. The normalized spacial score (nSPS) is 12.8. The van der Waals surface area contributed by atoms with Gasteiger partial charge in [0.15, 0.2) is 11.5 Å². The summed E-state index contributed by atoms with van der Waals surface area (Å²) in [6.45, 7) is 4.08.